The highest BCUT2D eigenvalue weighted by Gasteiger charge is 2.25. The largest absolute Gasteiger partial charge is 0.496 e. The minimum atomic E-state index is 0.789. The summed E-state index contributed by atoms with van der Waals surface area (Å²) in [5.41, 5.74) is 6.45. The molecule has 0 aliphatic heterocycles. The molecule has 2 aromatic rings. The van der Waals surface area contributed by atoms with Crippen LogP contribution in [-0.2, 0) is 6.54 Å². The van der Waals surface area contributed by atoms with E-state index < -0.39 is 0 Å². The highest BCUT2D eigenvalue weighted by atomic mass is 16.5. The van der Waals surface area contributed by atoms with E-state index in [0.717, 1.165) is 23.9 Å². The van der Waals surface area contributed by atoms with Crippen molar-refractivity contribution in [2.45, 2.75) is 39.2 Å². The molecule has 0 unspecified atom stereocenters. The summed E-state index contributed by atoms with van der Waals surface area (Å²) in [4.78, 5) is 0. The molecule has 1 aliphatic carbocycles. The second-order valence-electron chi connectivity index (χ2n) is 5.91. The van der Waals surface area contributed by atoms with Crippen molar-refractivity contribution in [3.05, 3.63) is 58.7 Å². The second-order valence-corrected chi connectivity index (χ2v) is 5.91. The zero-order valence-corrected chi connectivity index (χ0v) is 13.1. The number of hydrogen-bond acceptors (Lipinski definition) is 2. The predicted octanol–water partition coefficient (Wildman–Crippen LogP) is 4.80. The molecule has 0 radical (unpaired) electrons. The summed E-state index contributed by atoms with van der Waals surface area (Å²) < 4.78 is 5.50. The summed E-state index contributed by atoms with van der Waals surface area (Å²) in [7, 11) is 1.74. The number of benzene rings is 2. The van der Waals surface area contributed by atoms with Crippen LogP contribution in [0.4, 0.5) is 5.69 Å². The Hall–Kier alpha value is -1.96. The van der Waals surface area contributed by atoms with Crippen molar-refractivity contribution in [1.29, 1.82) is 0 Å². The molecule has 0 saturated heterocycles. The fourth-order valence-electron chi connectivity index (χ4n) is 3.01. The quantitative estimate of drug-likeness (QED) is 0.850. The van der Waals surface area contributed by atoms with E-state index in [0.29, 0.717) is 0 Å². The predicted molar refractivity (Wildman–Crippen MR) is 88.2 cm³/mol. The maximum atomic E-state index is 5.50. The van der Waals surface area contributed by atoms with Crippen molar-refractivity contribution in [2.75, 3.05) is 12.4 Å². The van der Waals surface area contributed by atoms with Gasteiger partial charge in [-0.2, -0.15) is 0 Å². The minimum Gasteiger partial charge on any atom is -0.496 e. The van der Waals surface area contributed by atoms with Crippen molar-refractivity contribution < 1.29 is 4.74 Å². The SMILES string of the molecule is COc1c(C)ccc(NCc2ccccc2C2CC2)c1C. The first-order valence-corrected chi connectivity index (χ1v) is 7.66. The van der Waals surface area contributed by atoms with Crippen molar-refractivity contribution in [3.8, 4) is 5.75 Å². The molecule has 2 heteroatoms. The van der Waals surface area contributed by atoms with Gasteiger partial charge in [-0.05, 0) is 55.4 Å². The van der Waals surface area contributed by atoms with E-state index in [9.17, 15) is 0 Å². The Morgan fingerprint density at radius 3 is 2.57 bits per heavy atom. The van der Waals surface area contributed by atoms with E-state index in [1.807, 2.05) is 0 Å². The lowest BCUT2D eigenvalue weighted by Crippen LogP contribution is -2.05. The van der Waals surface area contributed by atoms with Gasteiger partial charge >= 0.3 is 0 Å². The zero-order chi connectivity index (χ0) is 14.8. The second kappa shape index (κ2) is 5.80. The van der Waals surface area contributed by atoms with E-state index in [4.69, 9.17) is 4.74 Å². The van der Waals surface area contributed by atoms with Gasteiger partial charge in [0.1, 0.15) is 5.75 Å². The van der Waals surface area contributed by atoms with Crippen LogP contribution in [0.15, 0.2) is 36.4 Å². The summed E-state index contributed by atoms with van der Waals surface area (Å²) in [6.07, 6.45) is 2.68. The summed E-state index contributed by atoms with van der Waals surface area (Å²) in [5.74, 6) is 1.77. The van der Waals surface area contributed by atoms with Gasteiger partial charge in [0.05, 0.1) is 7.11 Å². The lowest BCUT2D eigenvalue weighted by Gasteiger charge is -2.16. The van der Waals surface area contributed by atoms with Crippen molar-refractivity contribution in [3.63, 3.8) is 0 Å². The average Bonchev–Trinajstić information content (AvgIpc) is 3.32. The normalized spacial score (nSPS) is 14.0. The number of rotatable bonds is 5. The third-order valence-electron chi connectivity index (χ3n) is 4.35. The van der Waals surface area contributed by atoms with Crippen LogP contribution < -0.4 is 10.1 Å². The number of ether oxygens (including phenoxy) is 1. The maximum absolute atomic E-state index is 5.50. The minimum absolute atomic E-state index is 0.789. The molecule has 1 saturated carbocycles. The average molecular weight is 281 g/mol. The number of methoxy groups -OCH3 is 1. The van der Waals surface area contributed by atoms with Gasteiger partial charge in [-0.25, -0.2) is 0 Å². The van der Waals surface area contributed by atoms with Gasteiger partial charge in [-0.15, -0.1) is 0 Å². The van der Waals surface area contributed by atoms with Crippen LogP contribution >= 0.6 is 0 Å². The van der Waals surface area contributed by atoms with Crippen molar-refractivity contribution >= 4 is 5.69 Å². The number of nitrogens with one attached hydrogen (secondary N) is 1. The molecule has 3 rings (SSSR count). The van der Waals surface area contributed by atoms with E-state index in [1.54, 1.807) is 7.11 Å². The summed E-state index contributed by atoms with van der Waals surface area (Å²) in [6, 6.07) is 13.1. The molecule has 0 atom stereocenters. The van der Waals surface area contributed by atoms with Crippen molar-refractivity contribution in [2.24, 2.45) is 0 Å². The number of aryl methyl sites for hydroxylation is 1. The van der Waals surface area contributed by atoms with Gasteiger partial charge in [0, 0.05) is 17.8 Å². The summed E-state index contributed by atoms with van der Waals surface area (Å²) >= 11 is 0. The first kappa shape index (κ1) is 14.0. The smallest absolute Gasteiger partial charge is 0.126 e. The monoisotopic (exact) mass is 281 g/mol. The van der Waals surface area contributed by atoms with Crippen LogP contribution in [0.1, 0.15) is 41.0 Å². The Morgan fingerprint density at radius 1 is 1.10 bits per heavy atom. The van der Waals surface area contributed by atoms with E-state index in [-0.39, 0.29) is 0 Å². The lowest BCUT2D eigenvalue weighted by molar-refractivity contribution is 0.409. The van der Waals surface area contributed by atoms with Gasteiger partial charge in [-0.3, -0.25) is 0 Å². The first-order chi connectivity index (χ1) is 10.2. The topological polar surface area (TPSA) is 21.3 Å². The van der Waals surface area contributed by atoms with Crippen LogP contribution in [-0.4, -0.2) is 7.11 Å². The Morgan fingerprint density at radius 2 is 1.86 bits per heavy atom. The maximum Gasteiger partial charge on any atom is 0.126 e. The lowest BCUT2D eigenvalue weighted by atomic mass is 10.0. The van der Waals surface area contributed by atoms with Gasteiger partial charge < -0.3 is 10.1 Å². The van der Waals surface area contributed by atoms with Crippen LogP contribution in [0.25, 0.3) is 0 Å². The third-order valence-corrected chi connectivity index (χ3v) is 4.35. The first-order valence-electron chi connectivity index (χ1n) is 7.66. The molecule has 0 bridgehead atoms. The molecule has 1 N–H and O–H groups in total. The Kier molecular flexibility index (Phi) is 3.87. The van der Waals surface area contributed by atoms with E-state index in [2.05, 4.69) is 55.6 Å². The van der Waals surface area contributed by atoms with Gasteiger partial charge in [0.15, 0.2) is 0 Å². The highest BCUT2D eigenvalue weighted by molar-refractivity contribution is 5.60. The molecule has 1 fully saturated rings. The van der Waals surface area contributed by atoms with Gasteiger partial charge in [0.25, 0.3) is 0 Å². The standard InChI is InChI=1S/C19H23NO/c1-13-8-11-18(14(2)19(13)21-3)20-12-16-6-4-5-7-17(16)15-9-10-15/h4-8,11,15,20H,9-10,12H2,1-3H3. The Labute approximate surface area is 127 Å². The fraction of sp³-hybridized carbons (Fsp3) is 0.368. The highest BCUT2D eigenvalue weighted by Crippen LogP contribution is 2.41. The van der Waals surface area contributed by atoms with Crippen molar-refractivity contribution in [1.82, 2.24) is 0 Å². The molecule has 1 aliphatic rings. The van der Waals surface area contributed by atoms with Crippen LogP contribution in [0.2, 0.25) is 0 Å². The third kappa shape index (κ3) is 2.90. The fourth-order valence-corrected chi connectivity index (χ4v) is 3.01. The molecule has 0 spiro atoms. The molecule has 21 heavy (non-hydrogen) atoms. The summed E-state index contributed by atoms with van der Waals surface area (Å²) in [5, 5.41) is 3.57. The molecule has 110 valence electrons. The molecular formula is C19H23NO. The summed E-state index contributed by atoms with van der Waals surface area (Å²) in [6.45, 7) is 5.07. The Balaban J connectivity index is 1.79. The zero-order valence-electron chi connectivity index (χ0n) is 13.1. The van der Waals surface area contributed by atoms with E-state index >= 15 is 0 Å². The molecule has 2 nitrogen and oxygen atoms in total. The van der Waals surface area contributed by atoms with Gasteiger partial charge in [-0.1, -0.05) is 30.3 Å². The molecule has 0 amide bonds. The van der Waals surface area contributed by atoms with Crippen LogP contribution in [0.3, 0.4) is 0 Å². The molecule has 0 heterocycles. The van der Waals surface area contributed by atoms with E-state index in [1.165, 1.54) is 35.1 Å². The molecular weight excluding hydrogens is 258 g/mol. The van der Waals surface area contributed by atoms with Crippen LogP contribution in [0, 0.1) is 13.8 Å². The van der Waals surface area contributed by atoms with Gasteiger partial charge in [0.2, 0.25) is 0 Å². The molecule has 0 aromatic heterocycles. The Bertz CT molecular complexity index is 644. The number of hydrogen-bond donors (Lipinski definition) is 1. The molecule has 2 aromatic carbocycles. The van der Waals surface area contributed by atoms with Crippen LogP contribution in [0.5, 0.6) is 5.75 Å². The number of anilines is 1.